The molecule has 4 heteroatoms. The molecule has 0 spiro atoms. The molecule has 0 radical (unpaired) electrons. The van der Waals surface area contributed by atoms with Gasteiger partial charge in [0.25, 0.3) is 0 Å². The summed E-state index contributed by atoms with van der Waals surface area (Å²) in [5.74, 6) is 0.543. The van der Waals surface area contributed by atoms with Crippen molar-refractivity contribution in [2.75, 3.05) is 5.73 Å². The van der Waals surface area contributed by atoms with Crippen molar-refractivity contribution in [3.8, 4) is 16.9 Å². The van der Waals surface area contributed by atoms with Gasteiger partial charge >= 0.3 is 0 Å². The fourth-order valence-corrected chi connectivity index (χ4v) is 2.59. The zero-order valence-electron chi connectivity index (χ0n) is 11.8. The van der Waals surface area contributed by atoms with E-state index in [1.165, 1.54) is 5.39 Å². The summed E-state index contributed by atoms with van der Waals surface area (Å²) < 4.78 is 1.68. The van der Waals surface area contributed by atoms with E-state index >= 15 is 0 Å². The van der Waals surface area contributed by atoms with Crippen LogP contribution in [0.25, 0.3) is 27.7 Å². The molecule has 0 atom stereocenters. The van der Waals surface area contributed by atoms with Crippen LogP contribution in [0.5, 0.6) is 0 Å². The third-order valence-electron chi connectivity index (χ3n) is 3.73. The number of nitrogens with two attached hydrogens (primary N) is 1. The second-order valence-corrected chi connectivity index (χ2v) is 5.13. The predicted molar refractivity (Wildman–Crippen MR) is 88.7 cm³/mol. The molecule has 0 fully saturated rings. The van der Waals surface area contributed by atoms with Gasteiger partial charge in [0.05, 0.1) is 5.69 Å². The number of rotatable bonds is 2. The molecule has 0 bridgehead atoms. The normalized spacial score (nSPS) is 10.9. The third kappa shape index (κ3) is 2.02. The molecule has 0 amide bonds. The lowest BCUT2D eigenvalue weighted by Crippen LogP contribution is -2.02. The molecule has 1 heterocycles. The lowest BCUT2D eigenvalue weighted by Gasteiger charge is -2.05. The van der Waals surface area contributed by atoms with Crippen molar-refractivity contribution in [1.82, 2.24) is 15.0 Å². The minimum atomic E-state index is 0.543. The Hall–Kier alpha value is -3.14. The maximum Gasteiger partial charge on any atom is 0.155 e. The first-order valence-electron chi connectivity index (χ1n) is 7.09. The summed E-state index contributed by atoms with van der Waals surface area (Å²) in [7, 11) is 0. The van der Waals surface area contributed by atoms with Crippen molar-refractivity contribution in [2.24, 2.45) is 0 Å². The number of benzene rings is 3. The van der Waals surface area contributed by atoms with E-state index in [9.17, 15) is 0 Å². The van der Waals surface area contributed by atoms with Crippen LogP contribution in [0.2, 0.25) is 0 Å². The Bertz CT molecular complexity index is 942. The molecule has 4 nitrogen and oxygen atoms in total. The SMILES string of the molecule is Nc1c(-c2ccccc2)nnn1-c1ccc2ccccc2c1. The maximum absolute atomic E-state index is 6.25. The maximum atomic E-state index is 6.25. The van der Waals surface area contributed by atoms with E-state index < -0.39 is 0 Å². The van der Waals surface area contributed by atoms with Crippen LogP contribution in [-0.4, -0.2) is 15.0 Å². The van der Waals surface area contributed by atoms with Crippen molar-refractivity contribution in [1.29, 1.82) is 0 Å². The molecular weight excluding hydrogens is 272 g/mol. The smallest absolute Gasteiger partial charge is 0.155 e. The first-order chi connectivity index (χ1) is 10.8. The van der Waals surface area contributed by atoms with Crippen LogP contribution in [0.1, 0.15) is 0 Å². The monoisotopic (exact) mass is 286 g/mol. The van der Waals surface area contributed by atoms with Gasteiger partial charge in [0.2, 0.25) is 0 Å². The first kappa shape index (κ1) is 12.6. The van der Waals surface area contributed by atoms with E-state index in [0.717, 1.165) is 16.6 Å². The van der Waals surface area contributed by atoms with E-state index in [2.05, 4.69) is 34.6 Å². The lowest BCUT2D eigenvalue weighted by atomic mass is 10.1. The molecule has 22 heavy (non-hydrogen) atoms. The van der Waals surface area contributed by atoms with E-state index in [1.807, 2.05) is 48.5 Å². The summed E-state index contributed by atoms with van der Waals surface area (Å²) in [6, 6.07) is 24.2. The van der Waals surface area contributed by atoms with E-state index in [1.54, 1.807) is 4.68 Å². The van der Waals surface area contributed by atoms with Crippen LogP contribution < -0.4 is 5.73 Å². The highest BCUT2D eigenvalue weighted by Crippen LogP contribution is 2.26. The Morgan fingerprint density at radius 3 is 2.32 bits per heavy atom. The molecule has 106 valence electrons. The highest BCUT2D eigenvalue weighted by atomic mass is 15.5. The summed E-state index contributed by atoms with van der Waals surface area (Å²) in [4.78, 5) is 0. The molecule has 1 aromatic heterocycles. The number of anilines is 1. The molecule has 0 unspecified atom stereocenters. The molecule has 4 rings (SSSR count). The number of nitrogen functional groups attached to an aromatic ring is 1. The van der Waals surface area contributed by atoms with Crippen LogP contribution >= 0.6 is 0 Å². The Kier molecular flexibility index (Phi) is 2.86. The summed E-state index contributed by atoms with van der Waals surface area (Å²) in [6.07, 6.45) is 0. The Labute approximate surface area is 127 Å². The molecule has 0 aliphatic heterocycles. The lowest BCUT2D eigenvalue weighted by molar-refractivity contribution is 0.811. The number of nitrogens with zero attached hydrogens (tertiary/aromatic N) is 3. The fraction of sp³-hybridized carbons (Fsp3) is 0. The van der Waals surface area contributed by atoms with Crippen LogP contribution in [0.4, 0.5) is 5.82 Å². The van der Waals surface area contributed by atoms with Crippen LogP contribution in [0.15, 0.2) is 72.8 Å². The van der Waals surface area contributed by atoms with Crippen molar-refractivity contribution >= 4 is 16.6 Å². The summed E-state index contributed by atoms with van der Waals surface area (Å²) in [5.41, 5.74) is 8.83. The summed E-state index contributed by atoms with van der Waals surface area (Å²) in [5, 5.41) is 10.8. The van der Waals surface area contributed by atoms with E-state index in [-0.39, 0.29) is 0 Å². The molecule has 0 aliphatic carbocycles. The third-order valence-corrected chi connectivity index (χ3v) is 3.73. The number of fused-ring (bicyclic) bond motifs is 1. The predicted octanol–water partition coefficient (Wildman–Crippen LogP) is 3.67. The zero-order chi connectivity index (χ0) is 14.9. The van der Waals surface area contributed by atoms with E-state index in [0.29, 0.717) is 11.5 Å². The molecular formula is C18H14N4. The highest BCUT2D eigenvalue weighted by molar-refractivity contribution is 5.84. The van der Waals surface area contributed by atoms with Gasteiger partial charge in [-0.2, -0.15) is 4.68 Å². The minimum absolute atomic E-state index is 0.543. The van der Waals surface area contributed by atoms with Crippen LogP contribution in [0, 0.1) is 0 Å². The molecule has 0 saturated carbocycles. The average molecular weight is 286 g/mol. The van der Waals surface area contributed by atoms with Crippen molar-refractivity contribution in [3.05, 3.63) is 72.8 Å². The van der Waals surface area contributed by atoms with Gasteiger partial charge in [-0.1, -0.05) is 65.9 Å². The van der Waals surface area contributed by atoms with Crippen LogP contribution in [-0.2, 0) is 0 Å². The molecule has 3 aromatic carbocycles. The molecule has 0 aliphatic rings. The van der Waals surface area contributed by atoms with Gasteiger partial charge in [-0.15, -0.1) is 5.10 Å². The molecule has 4 aromatic rings. The molecule has 2 N–H and O–H groups in total. The van der Waals surface area contributed by atoms with Gasteiger partial charge in [0.1, 0.15) is 5.69 Å². The van der Waals surface area contributed by atoms with Crippen LogP contribution in [0.3, 0.4) is 0 Å². The van der Waals surface area contributed by atoms with Crippen molar-refractivity contribution in [3.63, 3.8) is 0 Å². The van der Waals surface area contributed by atoms with Gasteiger partial charge in [-0.25, -0.2) is 0 Å². The van der Waals surface area contributed by atoms with Gasteiger partial charge in [0.15, 0.2) is 5.82 Å². The number of hydrogen-bond donors (Lipinski definition) is 1. The van der Waals surface area contributed by atoms with Gasteiger partial charge < -0.3 is 5.73 Å². The van der Waals surface area contributed by atoms with Gasteiger partial charge in [-0.05, 0) is 22.9 Å². The first-order valence-corrected chi connectivity index (χ1v) is 7.09. The van der Waals surface area contributed by atoms with E-state index in [4.69, 9.17) is 5.73 Å². The minimum Gasteiger partial charge on any atom is -0.382 e. The standard InChI is InChI=1S/C18H14N4/c19-18-17(14-7-2-1-3-8-14)20-21-22(18)16-11-10-13-6-4-5-9-15(13)12-16/h1-12H,19H2. The highest BCUT2D eigenvalue weighted by Gasteiger charge is 2.12. The van der Waals surface area contributed by atoms with Gasteiger partial charge in [0, 0.05) is 5.56 Å². The Balaban J connectivity index is 1.84. The number of aromatic nitrogens is 3. The fourth-order valence-electron chi connectivity index (χ4n) is 2.59. The van der Waals surface area contributed by atoms with Crippen molar-refractivity contribution in [2.45, 2.75) is 0 Å². The largest absolute Gasteiger partial charge is 0.382 e. The second kappa shape index (κ2) is 5.00. The quantitative estimate of drug-likeness (QED) is 0.611. The number of hydrogen-bond acceptors (Lipinski definition) is 3. The van der Waals surface area contributed by atoms with Gasteiger partial charge in [-0.3, -0.25) is 0 Å². The molecule has 0 saturated heterocycles. The average Bonchev–Trinajstić information content (AvgIpc) is 2.97. The summed E-state index contributed by atoms with van der Waals surface area (Å²) in [6.45, 7) is 0. The zero-order valence-corrected chi connectivity index (χ0v) is 11.8. The topological polar surface area (TPSA) is 56.7 Å². The second-order valence-electron chi connectivity index (χ2n) is 5.13. The Morgan fingerprint density at radius 2 is 1.50 bits per heavy atom. The summed E-state index contributed by atoms with van der Waals surface area (Å²) >= 11 is 0. The Morgan fingerprint density at radius 1 is 0.773 bits per heavy atom. The van der Waals surface area contributed by atoms with Crippen molar-refractivity contribution < 1.29 is 0 Å².